The smallest absolute Gasteiger partial charge is 0.287 e. The van der Waals surface area contributed by atoms with Crippen LogP contribution in [0, 0.1) is 0 Å². The molecule has 1 aromatic heterocycles. The van der Waals surface area contributed by atoms with Gasteiger partial charge in [0.2, 0.25) is 0 Å². The number of hydrogen-bond donors (Lipinski definition) is 2. The SMILES string of the molecule is CC1NCCCC1NC(=O)c1nccn1C. The number of aromatic nitrogens is 2. The Morgan fingerprint density at radius 1 is 1.69 bits per heavy atom. The van der Waals surface area contributed by atoms with Crippen molar-refractivity contribution >= 4 is 5.91 Å². The molecule has 1 aliphatic rings. The Bertz CT molecular complexity index is 374. The summed E-state index contributed by atoms with van der Waals surface area (Å²) in [5, 5.41) is 6.38. The van der Waals surface area contributed by atoms with Gasteiger partial charge in [0, 0.05) is 31.5 Å². The van der Waals surface area contributed by atoms with Crippen LogP contribution in [0.15, 0.2) is 12.4 Å². The van der Waals surface area contributed by atoms with Crippen molar-refractivity contribution in [3.63, 3.8) is 0 Å². The molecule has 2 heterocycles. The van der Waals surface area contributed by atoms with Crippen LogP contribution in [0.3, 0.4) is 0 Å². The summed E-state index contributed by atoms with van der Waals surface area (Å²) in [5.74, 6) is 0.380. The van der Waals surface area contributed by atoms with E-state index in [2.05, 4.69) is 22.5 Å². The predicted molar refractivity (Wildman–Crippen MR) is 61.2 cm³/mol. The van der Waals surface area contributed by atoms with Crippen LogP contribution < -0.4 is 10.6 Å². The Balaban J connectivity index is 1.99. The molecule has 2 N–H and O–H groups in total. The fraction of sp³-hybridized carbons (Fsp3) is 0.636. The average Bonchev–Trinajstić information content (AvgIpc) is 2.68. The lowest BCUT2D eigenvalue weighted by Crippen LogP contribution is -2.52. The molecule has 1 aromatic rings. The van der Waals surface area contributed by atoms with Crippen LogP contribution in [0.4, 0.5) is 0 Å². The quantitative estimate of drug-likeness (QED) is 0.756. The van der Waals surface area contributed by atoms with Gasteiger partial charge in [-0.25, -0.2) is 4.98 Å². The first-order valence-corrected chi connectivity index (χ1v) is 5.70. The Kier molecular flexibility index (Phi) is 3.24. The molecule has 0 bridgehead atoms. The van der Waals surface area contributed by atoms with Gasteiger partial charge in [0.1, 0.15) is 0 Å². The van der Waals surface area contributed by atoms with E-state index in [0.717, 1.165) is 19.4 Å². The number of imidazole rings is 1. The van der Waals surface area contributed by atoms with Gasteiger partial charge in [0.15, 0.2) is 5.82 Å². The van der Waals surface area contributed by atoms with E-state index < -0.39 is 0 Å². The highest BCUT2D eigenvalue weighted by atomic mass is 16.2. The minimum absolute atomic E-state index is 0.0898. The molecule has 88 valence electrons. The molecular weight excluding hydrogens is 204 g/mol. The van der Waals surface area contributed by atoms with E-state index in [9.17, 15) is 4.79 Å². The normalized spacial score (nSPS) is 25.4. The number of amides is 1. The van der Waals surface area contributed by atoms with Gasteiger partial charge < -0.3 is 15.2 Å². The van der Waals surface area contributed by atoms with Crippen molar-refractivity contribution in [2.45, 2.75) is 31.8 Å². The van der Waals surface area contributed by atoms with Gasteiger partial charge in [-0.05, 0) is 26.3 Å². The lowest BCUT2D eigenvalue weighted by Gasteiger charge is -2.30. The van der Waals surface area contributed by atoms with E-state index in [1.165, 1.54) is 0 Å². The van der Waals surface area contributed by atoms with Gasteiger partial charge in [0.05, 0.1) is 0 Å². The second kappa shape index (κ2) is 4.65. The van der Waals surface area contributed by atoms with Crippen molar-refractivity contribution in [3.8, 4) is 0 Å². The second-order valence-corrected chi connectivity index (χ2v) is 4.33. The van der Waals surface area contributed by atoms with Crippen LogP contribution >= 0.6 is 0 Å². The number of nitrogens with one attached hydrogen (secondary N) is 2. The fourth-order valence-corrected chi connectivity index (χ4v) is 2.06. The minimum atomic E-state index is -0.0898. The van der Waals surface area contributed by atoms with Crippen LogP contribution in [0.2, 0.25) is 0 Å². The summed E-state index contributed by atoms with van der Waals surface area (Å²) in [5.41, 5.74) is 0. The van der Waals surface area contributed by atoms with Gasteiger partial charge in [-0.15, -0.1) is 0 Å². The molecule has 1 amide bonds. The molecule has 0 radical (unpaired) electrons. The molecule has 2 atom stereocenters. The van der Waals surface area contributed by atoms with Gasteiger partial charge in [-0.2, -0.15) is 0 Å². The standard InChI is InChI=1S/C11H18N4O/c1-8-9(4-3-5-12-8)14-11(16)10-13-6-7-15(10)2/h6-9,12H,3-5H2,1-2H3,(H,14,16). The van der Waals surface area contributed by atoms with Crippen LogP contribution in [0.5, 0.6) is 0 Å². The Morgan fingerprint density at radius 2 is 2.50 bits per heavy atom. The average molecular weight is 222 g/mol. The zero-order chi connectivity index (χ0) is 11.5. The monoisotopic (exact) mass is 222 g/mol. The van der Waals surface area contributed by atoms with Crippen LogP contribution in [-0.4, -0.2) is 34.1 Å². The molecule has 16 heavy (non-hydrogen) atoms. The van der Waals surface area contributed by atoms with Crippen molar-refractivity contribution in [3.05, 3.63) is 18.2 Å². The lowest BCUT2D eigenvalue weighted by molar-refractivity contribution is 0.0906. The van der Waals surface area contributed by atoms with E-state index >= 15 is 0 Å². The first-order valence-electron chi connectivity index (χ1n) is 5.70. The number of hydrogen-bond acceptors (Lipinski definition) is 3. The molecular formula is C11H18N4O. The van der Waals surface area contributed by atoms with Crippen molar-refractivity contribution in [2.24, 2.45) is 7.05 Å². The predicted octanol–water partition coefficient (Wildman–Crippen LogP) is 0.290. The number of carbonyl (C=O) groups excluding carboxylic acids is 1. The van der Waals surface area contributed by atoms with E-state index in [1.807, 2.05) is 7.05 Å². The molecule has 1 saturated heterocycles. The van der Waals surface area contributed by atoms with Crippen molar-refractivity contribution < 1.29 is 4.79 Å². The number of carbonyl (C=O) groups is 1. The maximum Gasteiger partial charge on any atom is 0.287 e. The fourth-order valence-electron chi connectivity index (χ4n) is 2.06. The molecule has 1 fully saturated rings. The van der Waals surface area contributed by atoms with E-state index in [0.29, 0.717) is 11.9 Å². The van der Waals surface area contributed by atoms with Crippen molar-refractivity contribution in [1.82, 2.24) is 20.2 Å². The van der Waals surface area contributed by atoms with Crippen LogP contribution in [0.1, 0.15) is 30.4 Å². The summed E-state index contributed by atoms with van der Waals surface area (Å²) in [4.78, 5) is 16.0. The maximum absolute atomic E-state index is 11.9. The zero-order valence-corrected chi connectivity index (χ0v) is 9.73. The lowest BCUT2D eigenvalue weighted by atomic mass is 10.00. The molecule has 0 aliphatic carbocycles. The molecule has 0 saturated carbocycles. The third-order valence-corrected chi connectivity index (χ3v) is 3.10. The summed E-state index contributed by atoms with van der Waals surface area (Å²) >= 11 is 0. The molecule has 0 spiro atoms. The first kappa shape index (κ1) is 11.1. The third-order valence-electron chi connectivity index (χ3n) is 3.10. The van der Waals surface area contributed by atoms with Crippen molar-refractivity contribution in [2.75, 3.05) is 6.54 Å². The summed E-state index contributed by atoms with van der Waals surface area (Å²) in [7, 11) is 1.82. The highest BCUT2D eigenvalue weighted by Gasteiger charge is 2.23. The summed E-state index contributed by atoms with van der Waals surface area (Å²) in [6, 6.07) is 0.538. The Morgan fingerprint density at radius 3 is 3.12 bits per heavy atom. The molecule has 5 heteroatoms. The summed E-state index contributed by atoms with van der Waals surface area (Å²) in [6.07, 6.45) is 5.55. The number of aryl methyl sites for hydroxylation is 1. The van der Waals surface area contributed by atoms with Crippen LogP contribution in [0.25, 0.3) is 0 Å². The molecule has 1 aliphatic heterocycles. The number of piperidine rings is 1. The van der Waals surface area contributed by atoms with E-state index in [4.69, 9.17) is 0 Å². The van der Waals surface area contributed by atoms with Gasteiger partial charge in [-0.1, -0.05) is 0 Å². The highest BCUT2D eigenvalue weighted by Crippen LogP contribution is 2.08. The van der Waals surface area contributed by atoms with Gasteiger partial charge >= 0.3 is 0 Å². The van der Waals surface area contributed by atoms with Gasteiger partial charge in [0.25, 0.3) is 5.91 Å². The maximum atomic E-state index is 11.9. The summed E-state index contributed by atoms with van der Waals surface area (Å²) in [6.45, 7) is 3.14. The van der Waals surface area contributed by atoms with Crippen molar-refractivity contribution in [1.29, 1.82) is 0 Å². The number of nitrogens with zero attached hydrogens (tertiary/aromatic N) is 2. The van der Waals surface area contributed by atoms with Crippen LogP contribution in [-0.2, 0) is 7.05 Å². The van der Waals surface area contributed by atoms with Gasteiger partial charge in [-0.3, -0.25) is 4.79 Å². The molecule has 0 aromatic carbocycles. The number of rotatable bonds is 2. The Hall–Kier alpha value is -1.36. The molecule has 5 nitrogen and oxygen atoms in total. The minimum Gasteiger partial charge on any atom is -0.345 e. The molecule has 2 rings (SSSR count). The topological polar surface area (TPSA) is 58.9 Å². The largest absolute Gasteiger partial charge is 0.345 e. The molecule has 2 unspecified atom stereocenters. The third kappa shape index (κ3) is 2.24. The van der Waals surface area contributed by atoms with E-state index in [1.54, 1.807) is 17.0 Å². The first-order chi connectivity index (χ1) is 7.68. The zero-order valence-electron chi connectivity index (χ0n) is 9.73. The van der Waals surface area contributed by atoms with E-state index in [-0.39, 0.29) is 11.9 Å². The summed E-state index contributed by atoms with van der Waals surface area (Å²) < 4.78 is 1.73. The highest BCUT2D eigenvalue weighted by molar-refractivity contribution is 5.91. The second-order valence-electron chi connectivity index (χ2n) is 4.33. The Labute approximate surface area is 95.2 Å².